The second-order valence-electron chi connectivity index (χ2n) is 6.04. The Morgan fingerprint density at radius 1 is 1.39 bits per heavy atom. The van der Waals surface area contributed by atoms with Crippen LogP contribution in [-0.2, 0) is 0 Å². The van der Waals surface area contributed by atoms with Crippen LogP contribution in [-0.4, -0.2) is 28.3 Å². The molecule has 2 rings (SSSR count). The molecular weight excluding hydrogens is 295 g/mol. The largest absolute Gasteiger partial charge is 0.348 e. The van der Waals surface area contributed by atoms with E-state index < -0.39 is 0 Å². The smallest absolute Gasteiger partial charge is 0.255 e. The highest BCUT2D eigenvalue weighted by Gasteiger charge is 2.19. The summed E-state index contributed by atoms with van der Waals surface area (Å²) in [6.45, 7) is 6.28. The fraction of sp³-hybridized carbons (Fsp3) is 0.412. The molecule has 6 heteroatoms. The van der Waals surface area contributed by atoms with Crippen LogP contribution in [0.25, 0.3) is 5.69 Å². The Balaban J connectivity index is 2.22. The van der Waals surface area contributed by atoms with Crippen LogP contribution in [0.1, 0.15) is 36.3 Å². The van der Waals surface area contributed by atoms with Gasteiger partial charge in [0, 0.05) is 12.6 Å². The van der Waals surface area contributed by atoms with E-state index in [1.54, 1.807) is 25.1 Å². The second kappa shape index (κ2) is 7.37. The molecule has 0 spiro atoms. The number of rotatable bonds is 6. The SMILES string of the molecule is Cc1c(C(=O)NC(CN)CC(C)C)cnn1-c1ccccc1F. The Morgan fingerprint density at radius 2 is 2.09 bits per heavy atom. The van der Waals surface area contributed by atoms with Gasteiger partial charge in [0.2, 0.25) is 0 Å². The van der Waals surface area contributed by atoms with Gasteiger partial charge in [0.25, 0.3) is 5.91 Å². The van der Waals surface area contributed by atoms with Crippen molar-refractivity contribution in [2.75, 3.05) is 6.54 Å². The predicted octanol–water partition coefficient (Wildman–Crippen LogP) is 2.42. The molecule has 0 saturated heterocycles. The Morgan fingerprint density at radius 3 is 2.70 bits per heavy atom. The minimum atomic E-state index is -0.384. The molecule has 0 aliphatic carbocycles. The molecule has 1 amide bonds. The van der Waals surface area contributed by atoms with Crippen molar-refractivity contribution in [3.63, 3.8) is 0 Å². The molecule has 23 heavy (non-hydrogen) atoms. The van der Waals surface area contributed by atoms with Gasteiger partial charge in [0.15, 0.2) is 0 Å². The van der Waals surface area contributed by atoms with Gasteiger partial charge in [0.1, 0.15) is 11.5 Å². The molecule has 3 N–H and O–H groups in total. The quantitative estimate of drug-likeness (QED) is 0.859. The molecule has 0 fully saturated rings. The van der Waals surface area contributed by atoms with Crippen LogP contribution in [0.2, 0.25) is 0 Å². The molecule has 124 valence electrons. The average molecular weight is 318 g/mol. The summed E-state index contributed by atoms with van der Waals surface area (Å²) in [4.78, 5) is 12.4. The third-order valence-electron chi connectivity index (χ3n) is 3.71. The lowest BCUT2D eigenvalue weighted by atomic mass is 10.0. The van der Waals surface area contributed by atoms with Crippen LogP contribution in [0.5, 0.6) is 0 Å². The zero-order valence-electron chi connectivity index (χ0n) is 13.7. The van der Waals surface area contributed by atoms with Crippen LogP contribution in [0.3, 0.4) is 0 Å². The topological polar surface area (TPSA) is 72.9 Å². The Kier molecular flexibility index (Phi) is 5.50. The number of aromatic nitrogens is 2. The molecule has 1 atom stereocenters. The maximum atomic E-state index is 13.9. The monoisotopic (exact) mass is 318 g/mol. The number of para-hydroxylation sites is 1. The number of halogens is 1. The Bertz CT molecular complexity index is 681. The highest BCUT2D eigenvalue weighted by Crippen LogP contribution is 2.17. The maximum absolute atomic E-state index is 13.9. The zero-order valence-corrected chi connectivity index (χ0v) is 13.7. The van der Waals surface area contributed by atoms with Crippen molar-refractivity contribution in [3.05, 3.63) is 47.5 Å². The number of nitrogens with two attached hydrogens (primary N) is 1. The first-order chi connectivity index (χ1) is 10.9. The lowest BCUT2D eigenvalue weighted by Crippen LogP contribution is -2.41. The molecule has 1 heterocycles. The van der Waals surface area contributed by atoms with Crippen molar-refractivity contribution in [1.29, 1.82) is 0 Å². The van der Waals surface area contributed by atoms with Crippen LogP contribution in [0, 0.1) is 18.7 Å². The van der Waals surface area contributed by atoms with Gasteiger partial charge in [-0.25, -0.2) is 9.07 Å². The number of nitrogens with one attached hydrogen (secondary N) is 1. The summed E-state index contributed by atoms with van der Waals surface area (Å²) >= 11 is 0. The molecule has 1 aromatic carbocycles. The van der Waals surface area contributed by atoms with E-state index in [0.717, 1.165) is 6.42 Å². The highest BCUT2D eigenvalue weighted by molar-refractivity contribution is 5.95. The first-order valence-electron chi connectivity index (χ1n) is 7.74. The minimum Gasteiger partial charge on any atom is -0.348 e. The van der Waals surface area contributed by atoms with E-state index in [2.05, 4.69) is 24.3 Å². The normalized spacial score (nSPS) is 12.4. The van der Waals surface area contributed by atoms with E-state index in [1.165, 1.54) is 16.9 Å². The fourth-order valence-electron chi connectivity index (χ4n) is 2.55. The number of carbonyl (C=O) groups excluding carboxylic acids is 1. The number of carbonyl (C=O) groups is 1. The number of hydrogen-bond donors (Lipinski definition) is 2. The lowest BCUT2D eigenvalue weighted by molar-refractivity contribution is 0.0933. The maximum Gasteiger partial charge on any atom is 0.255 e. The van der Waals surface area contributed by atoms with Crippen LogP contribution in [0.4, 0.5) is 4.39 Å². The van der Waals surface area contributed by atoms with Crippen molar-refractivity contribution in [2.45, 2.75) is 33.2 Å². The molecule has 0 radical (unpaired) electrons. The highest BCUT2D eigenvalue weighted by atomic mass is 19.1. The number of amides is 1. The number of hydrogen-bond acceptors (Lipinski definition) is 3. The molecule has 1 unspecified atom stereocenters. The first-order valence-corrected chi connectivity index (χ1v) is 7.74. The van der Waals surface area contributed by atoms with Gasteiger partial charge >= 0.3 is 0 Å². The van der Waals surface area contributed by atoms with Gasteiger partial charge in [-0.3, -0.25) is 4.79 Å². The van der Waals surface area contributed by atoms with Crippen molar-refractivity contribution >= 4 is 5.91 Å². The van der Waals surface area contributed by atoms with Crippen molar-refractivity contribution in [1.82, 2.24) is 15.1 Å². The third-order valence-corrected chi connectivity index (χ3v) is 3.71. The minimum absolute atomic E-state index is 0.0845. The zero-order chi connectivity index (χ0) is 17.0. The van der Waals surface area contributed by atoms with E-state index >= 15 is 0 Å². The Hall–Kier alpha value is -2.21. The number of benzene rings is 1. The van der Waals surface area contributed by atoms with Gasteiger partial charge in [-0.15, -0.1) is 0 Å². The average Bonchev–Trinajstić information content (AvgIpc) is 2.88. The van der Waals surface area contributed by atoms with Crippen molar-refractivity contribution in [3.8, 4) is 5.69 Å². The fourth-order valence-corrected chi connectivity index (χ4v) is 2.55. The second-order valence-corrected chi connectivity index (χ2v) is 6.04. The summed E-state index contributed by atoms with van der Waals surface area (Å²) in [6, 6.07) is 6.25. The predicted molar refractivity (Wildman–Crippen MR) is 88.0 cm³/mol. The summed E-state index contributed by atoms with van der Waals surface area (Å²) in [6.07, 6.45) is 2.27. The van der Waals surface area contributed by atoms with E-state index in [4.69, 9.17) is 5.73 Å². The van der Waals surface area contributed by atoms with E-state index in [1.807, 2.05) is 0 Å². The van der Waals surface area contributed by atoms with Crippen LogP contribution >= 0.6 is 0 Å². The van der Waals surface area contributed by atoms with Crippen molar-refractivity contribution in [2.24, 2.45) is 11.7 Å². The van der Waals surface area contributed by atoms with Crippen LogP contribution < -0.4 is 11.1 Å². The molecule has 0 aliphatic heterocycles. The van der Waals surface area contributed by atoms with Gasteiger partial charge in [-0.1, -0.05) is 26.0 Å². The van der Waals surface area contributed by atoms with E-state index in [9.17, 15) is 9.18 Å². The molecule has 1 aromatic heterocycles. The summed E-state index contributed by atoms with van der Waals surface area (Å²) in [5.74, 6) is -0.183. The van der Waals surface area contributed by atoms with Crippen LogP contribution in [0.15, 0.2) is 30.5 Å². The molecule has 5 nitrogen and oxygen atoms in total. The van der Waals surface area contributed by atoms with Gasteiger partial charge in [-0.05, 0) is 31.4 Å². The standard InChI is InChI=1S/C17H23FN4O/c1-11(2)8-13(9-19)21-17(23)14-10-20-22(12(14)3)16-7-5-4-6-15(16)18/h4-7,10-11,13H,8-9,19H2,1-3H3,(H,21,23). The van der Waals surface area contributed by atoms with Gasteiger partial charge in [0.05, 0.1) is 17.5 Å². The summed E-state index contributed by atoms with van der Waals surface area (Å²) in [7, 11) is 0. The van der Waals surface area contributed by atoms with E-state index in [-0.39, 0.29) is 17.8 Å². The lowest BCUT2D eigenvalue weighted by Gasteiger charge is -2.18. The van der Waals surface area contributed by atoms with Gasteiger partial charge in [-0.2, -0.15) is 5.10 Å². The molecule has 0 saturated carbocycles. The third kappa shape index (κ3) is 3.96. The van der Waals surface area contributed by atoms with Crippen molar-refractivity contribution < 1.29 is 9.18 Å². The number of nitrogens with zero attached hydrogens (tertiary/aromatic N) is 2. The van der Waals surface area contributed by atoms with E-state index in [0.29, 0.717) is 29.4 Å². The first kappa shape index (κ1) is 17.1. The van der Waals surface area contributed by atoms with Gasteiger partial charge < -0.3 is 11.1 Å². The molecule has 0 aliphatic rings. The Labute approximate surface area is 135 Å². The summed E-state index contributed by atoms with van der Waals surface area (Å²) in [5, 5.41) is 7.07. The summed E-state index contributed by atoms with van der Waals surface area (Å²) in [5.41, 5.74) is 7.05. The molecule has 0 bridgehead atoms. The molecule has 2 aromatic rings. The molecular formula is C17H23FN4O. The summed E-state index contributed by atoms with van der Waals surface area (Å²) < 4.78 is 15.3.